The van der Waals surface area contributed by atoms with Gasteiger partial charge in [0.05, 0.1) is 7.11 Å². The fourth-order valence-corrected chi connectivity index (χ4v) is 1.47. The molecule has 0 bridgehead atoms. The minimum atomic E-state index is 0.386. The van der Waals surface area contributed by atoms with Gasteiger partial charge < -0.3 is 10.5 Å². The Morgan fingerprint density at radius 1 is 1.82 bits per heavy atom. The molecule has 1 aromatic heterocycles. The smallest absolute Gasteiger partial charge is 0.225 e. The third-order valence-corrected chi connectivity index (χ3v) is 2.56. The highest BCUT2D eigenvalue weighted by Crippen LogP contribution is 2.23. The summed E-state index contributed by atoms with van der Waals surface area (Å²) in [4.78, 5) is 1.18. The number of methoxy groups -OCH3 is 1. The topological polar surface area (TPSA) is 48.1 Å². The van der Waals surface area contributed by atoms with Gasteiger partial charge in [0.15, 0.2) is 0 Å². The molecule has 62 valence electrons. The summed E-state index contributed by atoms with van der Waals surface area (Å²) in [6.45, 7) is 2.73. The summed E-state index contributed by atoms with van der Waals surface area (Å²) >= 11 is 1.45. The lowest BCUT2D eigenvalue weighted by atomic mass is 10.1. The van der Waals surface area contributed by atoms with E-state index < -0.39 is 0 Å². The molecule has 0 aliphatic heterocycles. The summed E-state index contributed by atoms with van der Waals surface area (Å²) in [6.07, 6.45) is 0. The number of rotatable bonds is 3. The zero-order valence-corrected chi connectivity index (χ0v) is 7.52. The molecule has 1 aromatic rings. The van der Waals surface area contributed by atoms with Crippen molar-refractivity contribution in [2.24, 2.45) is 5.73 Å². The molecule has 1 heterocycles. The first kappa shape index (κ1) is 8.49. The lowest BCUT2D eigenvalue weighted by Crippen LogP contribution is -2.07. The van der Waals surface area contributed by atoms with E-state index in [1.165, 1.54) is 16.4 Å². The van der Waals surface area contributed by atoms with Crippen molar-refractivity contribution in [1.29, 1.82) is 0 Å². The summed E-state index contributed by atoms with van der Waals surface area (Å²) in [5.41, 5.74) is 5.49. The fourth-order valence-electron chi connectivity index (χ4n) is 0.717. The van der Waals surface area contributed by atoms with Crippen LogP contribution in [0.2, 0.25) is 0 Å². The molecule has 1 rings (SSSR count). The van der Waals surface area contributed by atoms with Crippen LogP contribution >= 0.6 is 11.5 Å². The molecule has 3 nitrogen and oxygen atoms in total. The highest BCUT2D eigenvalue weighted by Gasteiger charge is 2.07. The molecule has 2 N–H and O–H groups in total. The fraction of sp³-hybridized carbons (Fsp3) is 0.571. The number of nitrogens with two attached hydrogens (primary N) is 1. The van der Waals surface area contributed by atoms with Crippen LogP contribution in [0.3, 0.4) is 0 Å². The molecule has 0 fully saturated rings. The molecule has 0 aliphatic carbocycles. The van der Waals surface area contributed by atoms with E-state index in [1.54, 1.807) is 7.11 Å². The van der Waals surface area contributed by atoms with Gasteiger partial charge in [-0.15, -0.1) is 0 Å². The van der Waals surface area contributed by atoms with Crippen LogP contribution in [0.1, 0.15) is 17.7 Å². The van der Waals surface area contributed by atoms with Crippen LogP contribution in [0.25, 0.3) is 0 Å². The van der Waals surface area contributed by atoms with E-state index in [9.17, 15) is 0 Å². The first-order valence-corrected chi connectivity index (χ1v) is 4.26. The zero-order chi connectivity index (χ0) is 8.27. The third kappa shape index (κ3) is 1.91. The first-order chi connectivity index (χ1) is 5.27. The van der Waals surface area contributed by atoms with Gasteiger partial charge in [0, 0.05) is 16.9 Å². The van der Waals surface area contributed by atoms with E-state index in [-0.39, 0.29) is 0 Å². The average Bonchev–Trinajstić information content (AvgIpc) is 2.50. The molecule has 4 heteroatoms. The van der Waals surface area contributed by atoms with Gasteiger partial charge in [0.25, 0.3) is 0 Å². The minimum absolute atomic E-state index is 0.386. The van der Waals surface area contributed by atoms with Crippen molar-refractivity contribution in [2.45, 2.75) is 12.8 Å². The third-order valence-electron chi connectivity index (χ3n) is 1.56. The number of ether oxygens (including phenoxy) is 1. The summed E-state index contributed by atoms with van der Waals surface area (Å²) < 4.78 is 9.02. The van der Waals surface area contributed by atoms with Crippen molar-refractivity contribution in [1.82, 2.24) is 4.37 Å². The summed E-state index contributed by atoms with van der Waals surface area (Å²) in [6, 6.07) is 1.93. The number of hydrogen-bond donors (Lipinski definition) is 1. The van der Waals surface area contributed by atoms with Gasteiger partial charge in [-0.05, 0) is 18.1 Å². The second-order valence-corrected chi connectivity index (χ2v) is 3.24. The van der Waals surface area contributed by atoms with Crippen LogP contribution in [-0.2, 0) is 0 Å². The number of hydrogen-bond acceptors (Lipinski definition) is 4. The number of aromatic nitrogens is 1. The van der Waals surface area contributed by atoms with Crippen LogP contribution in [-0.4, -0.2) is 18.0 Å². The second-order valence-electron chi connectivity index (χ2n) is 2.41. The monoisotopic (exact) mass is 172 g/mol. The Balaban J connectivity index is 2.71. The molecule has 0 spiro atoms. The standard InChI is InChI=1S/C7H12N2OS/c1-5(4-8)6-3-7(10-2)9-11-6/h3,5H,4,8H2,1-2H3. The van der Waals surface area contributed by atoms with Gasteiger partial charge in [-0.3, -0.25) is 0 Å². The Hall–Kier alpha value is -0.610. The molecule has 0 aliphatic rings. The van der Waals surface area contributed by atoms with Crippen molar-refractivity contribution in [3.05, 3.63) is 10.9 Å². The van der Waals surface area contributed by atoms with Crippen molar-refractivity contribution in [2.75, 3.05) is 13.7 Å². The van der Waals surface area contributed by atoms with E-state index >= 15 is 0 Å². The maximum Gasteiger partial charge on any atom is 0.225 e. The van der Waals surface area contributed by atoms with E-state index in [0.29, 0.717) is 18.3 Å². The quantitative estimate of drug-likeness (QED) is 0.745. The van der Waals surface area contributed by atoms with Gasteiger partial charge in [0.1, 0.15) is 0 Å². The van der Waals surface area contributed by atoms with Crippen LogP contribution in [0, 0.1) is 0 Å². The van der Waals surface area contributed by atoms with Crippen LogP contribution in [0.15, 0.2) is 6.07 Å². The summed E-state index contributed by atoms with van der Waals surface area (Å²) in [7, 11) is 1.62. The van der Waals surface area contributed by atoms with Gasteiger partial charge in [0.2, 0.25) is 5.88 Å². The molecule has 0 radical (unpaired) electrons. The van der Waals surface area contributed by atoms with E-state index in [2.05, 4.69) is 11.3 Å². The summed E-state index contributed by atoms with van der Waals surface area (Å²) in [5.74, 6) is 1.07. The lowest BCUT2D eigenvalue weighted by molar-refractivity contribution is 0.402. The van der Waals surface area contributed by atoms with Crippen molar-refractivity contribution in [3.63, 3.8) is 0 Å². The highest BCUT2D eigenvalue weighted by molar-refractivity contribution is 7.06. The molecular formula is C7H12N2OS. The Morgan fingerprint density at radius 3 is 3.00 bits per heavy atom. The molecule has 0 amide bonds. The largest absolute Gasteiger partial charge is 0.480 e. The second kappa shape index (κ2) is 3.69. The van der Waals surface area contributed by atoms with Crippen molar-refractivity contribution in [3.8, 4) is 5.88 Å². The Bertz CT molecular complexity index is 224. The minimum Gasteiger partial charge on any atom is -0.480 e. The lowest BCUT2D eigenvalue weighted by Gasteiger charge is -2.01. The molecule has 1 unspecified atom stereocenters. The Labute approximate surface area is 70.3 Å². The predicted octanol–water partition coefficient (Wildman–Crippen LogP) is 1.21. The summed E-state index contributed by atoms with van der Waals surface area (Å²) in [5, 5.41) is 0. The van der Waals surface area contributed by atoms with E-state index in [4.69, 9.17) is 10.5 Å². The van der Waals surface area contributed by atoms with Crippen LogP contribution < -0.4 is 10.5 Å². The van der Waals surface area contributed by atoms with Gasteiger partial charge in [-0.25, -0.2) is 0 Å². The molecule has 0 saturated carbocycles. The zero-order valence-electron chi connectivity index (χ0n) is 6.70. The van der Waals surface area contributed by atoms with Crippen molar-refractivity contribution >= 4 is 11.5 Å². The van der Waals surface area contributed by atoms with E-state index in [1.807, 2.05) is 6.07 Å². The van der Waals surface area contributed by atoms with Gasteiger partial charge >= 0.3 is 0 Å². The molecule has 11 heavy (non-hydrogen) atoms. The molecular weight excluding hydrogens is 160 g/mol. The van der Waals surface area contributed by atoms with Crippen LogP contribution in [0.5, 0.6) is 5.88 Å². The molecule has 0 aromatic carbocycles. The Kier molecular flexibility index (Phi) is 2.84. The highest BCUT2D eigenvalue weighted by atomic mass is 32.1. The molecule has 0 saturated heterocycles. The number of nitrogens with zero attached hydrogens (tertiary/aromatic N) is 1. The van der Waals surface area contributed by atoms with E-state index in [0.717, 1.165) is 0 Å². The molecule has 1 atom stereocenters. The maximum absolute atomic E-state index is 5.49. The SMILES string of the molecule is COc1cc(C(C)CN)sn1. The van der Waals surface area contributed by atoms with Gasteiger partial charge in [-0.2, -0.15) is 4.37 Å². The Morgan fingerprint density at radius 2 is 2.55 bits per heavy atom. The van der Waals surface area contributed by atoms with Crippen LogP contribution in [0.4, 0.5) is 0 Å². The predicted molar refractivity (Wildman–Crippen MR) is 46.1 cm³/mol. The van der Waals surface area contributed by atoms with Crippen molar-refractivity contribution < 1.29 is 4.74 Å². The first-order valence-electron chi connectivity index (χ1n) is 3.48. The normalized spacial score (nSPS) is 13.0. The maximum atomic E-state index is 5.49. The van der Waals surface area contributed by atoms with Gasteiger partial charge in [-0.1, -0.05) is 6.92 Å². The average molecular weight is 172 g/mol.